The first-order chi connectivity index (χ1) is 8.30. The molecule has 0 aromatic carbocycles. The fourth-order valence-electron chi connectivity index (χ4n) is 2.45. The molecule has 0 aromatic heterocycles. The van der Waals surface area contributed by atoms with Crippen LogP contribution in [0, 0.1) is 0 Å². The Bertz CT molecular complexity index is 396. The van der Waals surface area contributed by atoms with E-state index in [1.807, 2.05) is 13.8 Å². The van der Waals surface area contributed by atoms with Crippen LogP contribution in [0.25, 0.3) is 0 Å². The predicted octanol–water partition coefficient (Wildman–Crippen LogP) is 2.68. The van der Waals surface area contributed by atoms with Gasteiger partial charge in [0.1, 0.15) is 0 Å². The number of allylic oxidation sites excluding steroid dienone is 1. The lowest BCUT2D eigenvalue weighted by Gasteiger charge is -2.36. The molecule has 18 heavy (non-hydrogen) atoms. The van der Waals surface area contributed by atoms with E-state index >= 15 is 0 Å². The predicted molar refractivity (Wildman–Crippen MR) is 77.6 cm³/mol. The zero-order valence-corrected chi connectivity index (χ0v) is 12.9. The van der Waals surface area contributed by atoms with E-state index in [1.165, 1.54) is 24.7 Å². The van der Waals surface area contributed by atoms with Crippen molar-refractivity contribution in [3.8, 4) is 0 Å². The third-order valence-electron chi connectivity index (χ3n) is 3.95. The summed E-state index contributed by atoms with van der Waals surface area (Å²) in [6.45, 7) is 6.64. The zero-order valence-electron chi connectivity index (χ0n) is 12.1. The summed E-state index contributed by atoms with van der Waals surface area (Å²) in [6.07, 6.45) is 9.11. The second-order valence-corrected chi connectivity index (χ2v) is 8.38. The number of hydrogen-bond acceptors (Lipinski definition) is 3. The van der Waals surface area contributed by atoms with E-state index in [2.05, 4.69) is 18.3 Å². The molecule has 0 radical (unpaired) electrons. The summed E-state index contributed by atoms with van der Waals surface area (Å²) in [7, 11) is -3.08. The maximum absolute atomic E-state index is 12.0. The Kier molecular flexibility index (Phi) is 5.41. The minimum Gasteiger partial charge on any atom is -0.309 e. The van der Waals surface area contributed by atoms with E-state index in [-0.39, 0.29) is 6.04 Å². The van der Waals surface area contributed by atoms with Gasteiger partial charge in [0.2, 0.25) is 0 Å². The molecule has 1 rings (SSSR count). The second-order valence-electron chi connectivity index (χ2n) is 5.79. The van der Waals surface area contributed by atoms with Gasteiger partial charge in [-0.2, -0.15) is 0 Å². The van der Waals surface area contributed by atoms with Gasteiger partial charge in [-0.3, -0.25) is 0 Å². The van der Waals surface area contributed by atoms with Crippen molar-refractivity contribution < 1.29 is 8.42 Å². The molecule has 4 heteroatoms. The van der Waals surface area contributed by atoms with Gasteiger partial charge in [-0.05, 0) is 52.5 Å². The van der Waals surface area contributed by atoms with E-state index in [4.69, 9.17) is 0 Å². The van der Waals surface area contributed by atoms with Gasteiger partial charge in [0.05, 0.1) is 4.75 Å². The van der Waals surface area contributed by atoms with Gasteiger partial charge in [0.15, 0.2) is 9.84 Å². The first kappa shape index (κ1) is 15.7. The van der Waals surface area contributed by atoms with E-state index < -0.39 is 14.6 Å². The van der Waals surface area contributed by atoms with Gasteiger partial charge in [-0.15, -0.1) is 0 Å². The van der Waals surface area contributed by atoms with Crippen LogP contribution in [0.4, 0.5) is 0 Å². The van der Waals surface area contributed by atoms with E-state index in [0.717, 1.165) is 25.8 Å². The molecule has 1 aliphatic rings. The smallest absolute Gasteiger partial charge is 0.154 e. The Morgan fingerprint density at radius 2 is 2.06 bits per heavy atom. The molecular weight excluding hydrogens is 246 g/mol. The Labute approximate surface area is 112 Å². The first-order valence-corrected chi connectivity index (χ1v) is 8.81. The van der Waals surface area contributed by atoms with Crippen LogP contribution < -0.4 is 5.32 Å². The molecule has 0 bridgehead atoms. The highest BCUT2D eigenvalue weighted by Crippen LogP contribution is 2.30. The van der Waals surface area contributed by atoms with Crippen LogP contribution in [0.3, 0.4) is 0 Å². The summed E-state index contributed by atoms with van der Waals surface area (Å²) in [4.78, 5) is 0. The largest absolute Gasteiger partial charge is 0.309 e. The lowest BCUT2D eigenvalue weighted by atomic mass is 9.87. The molecule has 106 valence electrons. The van der Waals surface area contributed by atoms with Crippen molar-refractivity contribution in [2.75, 3.05) is 12.8 Å². The van der Waals surface area contributed by atoms with Crippen LogP contribution in [0.1, 0.15) is 52.9 Å². The fraction of sp³-hybridized carbons (Fsp3) is 0.857. The van der Waals surface area contributed by atoms with Crippen LogP contribution >= 0.6 is 0 Å². The highest BCUT2D eigenvalue weighted by Gasteiger charge is 2.40. The molecule has 0 saturated heterocycles. The minimum absolute atomic E-state index is 0.0484. The highest BCUT2D eigenvalue weighted by atomic mass is 32.2. The average Bonchev–Trinajstić information content (AvgIpc) is 2.29. The molecule has 0 aliphatic heterocycles. The number of hydrogen-bond donors (Lipinski definition) is 1. The molecule has 1 aliphatic carbocycles. The summed E-state index contributed by atoms with van der Waals surface area (Å²) in [5.74, 6) is 0. The molecule has 0 saturated carbocycles. The normalized spacial score (nSPS) is 19.4. The van der Waals surface area contributed by atoms with Crippen LogP contribution in [0.2, 0.25) is 0 Å². The van der Waals surface area contributed by atoms with Gasteiger partial charge in [-0.25, -0.2) is 8.42 Å². The van der Waals surface area contributed by atoms with Gasteiger partial charge in [-0.1, -0.05) is 18.6 Å². The maximum Gasteiger partial charge on any atom is 0.154 e. The number of sulfone groups is 1. The van der Waals surface area contributed by atoms with Crippen molar-refractivity contribution in [2.45, 2.75) is 63.7 Å². The van der Waals surface area contributed by atoms with E-state index in [0.29, 0.717) is 0 Å². The van der Waals surface area contributed by atoms with Crippen molar-refractivity contribution in [3.63, 3.8) is 0 Å². The molecule has 0 fully saturated rings. The SMILES string of the molecule is CCCNC(C1=CCCCC1)C(C)(C)S(C)(=O)=O. The third kappa shape index (κ3) is 3.58. The van der Waals surface area contributed by atoms with Crippen molar-refractivity contribution in [3.05, 3.63) is 11.6 Å². The summed E-state index contributed by atoms with van der Waals surface area (Å²) in [6, 6.07) is -0.0484. The topological polar surface area (TPSA) is 46.2 Å². The summed E-state index contributed by atoms with van der Waals surface area (Å²) >= 11 is 0. The van der Waals surface area contributed by atoms with Gasteiger partial charge < -0.3 is 5.32 Å². The Balaban J connectivity index is 3.00. The standard InChI is InChI=1S/C14H27NO2S/c1-5-11-15-13(12-9-7-6-8-10-12)14(2,3)18(4,16)17/h9,13,15H,5-8,10-11H2,1-4H3. The summed E-state index contributed by atoms with van der Waals surface area (Å²) in [5, 5.41) is 3.44. The quantitative estimate of drug-likeness (QED) is 0.757. The fourth-order valence-corrected chi connectivity index (χ4v) is 3.11. The van der Waals surface area contributed by atoms with Crippen molar-refractivity contribution in [1.29, 1.82) is 0 Å². The monoisotopic (exact) mass is 273 g/mol. The molecule has 0 amide bonds. The summed E-state index contributed by atoms with van der Waals surface area (Å²) < 4.78 is 23.3. The lowest BCUT2D eigenvalue weighted by Crippen LogP contribution is -2.52. The van der Waals surface area contributed by atoms with Gasteiger partial charge in [0, 0.05) is 12.3 Å². The third-order valence-corrected chi connectivity index (χ3v) is 6.09. The van der Waals surface area contributed by atoms with Crippen LogP contribution in [0.15, 0.2) is 11.6 Å². The van der Waals surface area contributed by atoms with Crippen LogP contribution in [-0.4, -0.2) is 32.0 Å². The maximum atomic E-state index is 12.0. The molecule has 0 spiro atoms. The van der Waals surface area contributed by atoms with Crippen molar-refractivity contribution in [1.82, 2.24) is 5.32 Å². The van der Waals surface area contributed by atoms with Crippen molar-refractivity contribution >= 4 is 9.84 Å². The van der Waals surface area contributed by atoms with Crippen LogP contribution in [0.5, 0.6) is 0 Å². The average molecular weight is 273 g/mol. The Hall–Kier alpha value is -0.350. The minimum atomic E-state index is -3.08. The second kappa shape index (κ2) is 6.20. The van der Waals surface area contributed by atoms with E-state index in [1.54, 1.807) is 0 Å². The molecule has 0 heterocycles. The zero-order chi connectivity index (χ0) is 13.8. The van der Waals surface area contributed by atoms with E-state index in [9.17, 15) is 8.42 Å². The molecule has 1 unspecified atom stereocenters. The lowest BCUT2D eigenvalue weighted by molar-refractivity contribution is 0.432. The molecule has 3 nitrogen and oxygen atoms in total. The van der Waals surface area contributed by atoms with Gasteiger partial charge >= 0.3 is 0 Å². The van der Waals surface area contributed by atoms with Crippen LogP contribution in [-0.2, 0) is 9.84 Å². The Morgan fingerprint density at radius 3 is 2.50 bits per heavy atom. The molecule has 1 N–H and O–H groups in total. The molecule has 0 aromatic rings. The van der Waals surface area contributed by atoms with Gasteiger partial charge in [0.25, 0.3) is 0 Å². The number of rotatable bonds is 6. The van der Waals surface area contributed by atoms with Crippen molar-refractivity contribution in [2.24, 2.45) is 0 Å². The molecule has 1 atom stereocenters. The highest BCUT2D eigenvalue weighted by molar-refractivity contribution is 7.92. The summed E-state index contributed by atoms with van der Waals surface area (Å²) in [5.41, 5.74) is 1.28. The number of nitrogens with one attached hydrogen (secondary N) is 1. The Morgan fingerprint density at radius 1 is 1.39 bits per heavy atom. The molecular formula is C14H27NO2S. The first-order valence-electron chi connectivity index (χ1n) is 6.92.